The zero-order valence-electron chi connectivity index (χ0n) is 20.0. The maximum atomic E-state index is 13.6. The summed E-state index contributed by atoms with van der Waals surface area (Å²) in [7, 11) is 2.89. The predicted molar refractivity (Wildman–Crippen MR) is 131 cm³/mol. The van der Waals surface area contributed by atoms with E-state index in [9.17, 15) is 9.18 Å². The highest BCUT2D eigenvalue weighted by molar-refractivity contribution is 5.92. The lowest BCUT2D eigenvalue weighted by Crippen LogP contribution is -2.19. The minimum absolute atomic E-state index is 0.267. The van der Waals surface area contributed by atoms with Crippen LogP contribution in [0.25, 0.3) is 11.1 Å². The van der Waals surface area contributed by atoms with Crippen LogP contribution in [0.3, 0.4) is 0 Å². The molecule has 1 aliphatic carbocycles. The number of pyridine rings is 1. The van der Waals surface area contributed by atoms with E-state index >= 15 is 0 Å². The first-order valence-corrected chi connectivity index (χ1v) is 11.7. The van der Waals surface area contributed by atoms with Gasteiger partial charge in [-0.2, -0.15) is 0 Å². The van der Waals surface area contributed by atoms with Gasteiger partial charge in [-0.3, -0.25) is 4.98 Å². The lowest BCUT2D eigenvalue weighted by Gasteiger charge is -2.21. The lowest BCUT2D eigenvalue weighted by atomic mass is 9.88. The van der Waals surface area contributed by atoms with E-state index in [4.69, 9.17) is 14.5 Å². The van der Waals surface area contributed by atoms with E-state index in [1.165, 1.54) is 25.8 Å². The number of nitrogens with one attached hydrogen (secondary N) is 1. The number of carbonyl (C=O) groups excluding carboxylic acids is 1. The van der Waals surface area contributed by atoms with Crippen LogP contribution in [0.1, 0.15) is 51.3 Å². The van der Waals surface area contributed by atoms with Gasteiger partial charge < -0.3 is 14.8 Å². The van der Waals surface area contributed by atoms with Crippen molar-refractivity contribution in [1.82, 2.24) is 10.3 Å². The SMILES string of the molecule is COC(=O)c1cc(-c2cc(CNCCc3ccc(F)c(OC)c3)nc3c2CCCC3)ccc1C. The van der Waals surface area contributed by atoms with Crippen molar-refractivity contribution in [3.8, 4) is 16.9 Å². The van der Waals surface area contributed by atoms with Crippen molar-refractivity contribution < 1.29 is 18.7 Å². The minimum atomic E-state index is -0.350. The molecule has 0 bridgehead atoms. The molecular formula is C28H31FN2O3. The molecule has 1 aliphatic rings. The van der Waals surface area contributed by atoms with Crippen molar-refractivity contribution in [2.75, 3.05) is 20.8 Å². The number of methoxy groups -OCH3 is 2. The molecule has 0 spiro atoms. The Morgan fingerprint density at radius 2 is 1.91 bits per heavy atom. The van der Waals surface area contributed by atoms with E-state index in [1.807, 2.05) is 19.1 Å². The van der Waals surface area contributed by atoms with Gasteiger partial charge in [0.2, 0.25) is 0 Å². The number of aryl methyl sites for hydroxylation is 2. The number of nitrogens with zero attached hydrogens (tertiary/aromatic N) is 1. The normalized spacial score (nSPS) is 12.8. The van der Waals surface area contributed by atoms with Gasteiger partial charge in [-0.05, 0) is 97.7 Å². The Morgan fingerprint density at radius 3 is 2.71 bits per heavy atom. The van der Waals surface area contributed by atoms with Gasteiger partial charge in [-0.1, -0.05) is 18.2 Å². The van der Waals surface area contributed by atoms with Gasteiger partial charge in [0.25, 0.3) is 0 Å². The lowest BCUT2D eigenvalue weighted by molar-refractivity contribution is 0.0600. The average molecular weight is 463 g/mol. The van der Waals surface area contributed by atoms with Gasteiger partial charge in [-0.15, -0.1) is 0 Å². The smallest absolute Gasteiger partial charge is 0.338 e. The fourth-order valence-corrected chi connectivity index (χ4v) is 4.54. The van der Waals surface area contributed by atoms with Crippen LogP contribution in [0.15, 0.2) is 42.5 Å². The van der Waals surface area contributed by atoms with Gasteiger partial charge in [0.05, 0.1) is 25.5 Å². The van der Waals surface area contributed by atoms with Crippen LogP contribution in [-0.2, 0) is 30.5 Å². The molecule has 6 heteroatoms. The third-order valence-electron chi connectivity index (χ3n) is 6.42. The van der Waals surface area contributed by atoms with E-state index in [0.29, 0.717) is 12.1 Å². The molecule has 0 unspecified atom stereocenters. The number of carbonyl (C=O) groups is 1. The summed E-state index contributed by atoms with van der Waals surface area (Å²) in [4.78, 5) is 17.2. The Morgan fingerprint density at radius 1 is 1.09 bits per heavy atom. The summed E-state index contributed by atoms with van der Waals surface area (Å²) in [6.07, 6.45) is 5.02. The molecule has 1 heterocycles. The molecule has 1 N–H and O–H groups in total. The van der Waals surface area contributed by atoms with Crippen LogP contribution in [0, 0.1) is 12.7 Å². The highest BCUT2D eigenvalue weighted by Crippen LogP contribution is 2.32. The molecule has 0 saturated heterocycles. The molecule has 4 rings (SSSR count). The molecule has 0 aliphatic heterocycles. The molecule has 34 heavy (non-hydrogen) atoms. The number of hydrogen-bond acceptors (Lipinski definition) is 5. The second-order valence-corrected chi connectivity index (χ2v) is 8.71. The number of ether oxygens (including phenoxy) is 2. The predicted octanol–water partition coefficient (Wildman–Crippen LogP) is 5.20. The number of halogens is 1. The first-order valence-electron chi connectivity index (χ1n) is 11.7. The topological polar surface area (TPSA) is 60.5 Å². The highest BCUT2D eigenvalue weighted by Gasteiger charge is 2.19. The Labute approximate surface area is 200 Å². The van der Waals surface area contributed by atoms with E-state index in [2.05, 4.69) is 17.4 Å². The van der Waals surface area contributed by atoms with Crippen LogP contribution in [0.4, 0.5) is 4.39 Å². The number of hydrogen-bond donors (Lipinski definition) is 1. The largest absolute Gasteiger partial charge is 0.494 e. The first kappa shape index (κ1) is 23.9. The number of aromatic nitrogens is 1. The first-order chi connectivity index (χ1) is 16.5. The van der Waals surface area contributed by atoms with Crippen molar-refractivity contribution in [1.29, 1.82) is 0 Å². The van der Waals surface area contributed by atoms with E-state index in [-0.39, 0.29) is 17.5 Å². The fourth-order valence-electron chi connectivity index (χ4n) is 4.54. The molecule has 178 valence electrons. The van der Waals surface area contributed by atoms with Crippen molar-refractivity contribution in [2.24, 2.45) is 0 Å². The van der Waals surface area contributed by atoms with Gasteiger partial charge in [-0.25, -0.2) is 9.18 Å². The summed E-state index contributed by atoms with van der Waals surface area (Å²) in [6, 6.07) is 13.1. The van der Waals surface area contributed by atoms with E-state index < -0.39 is 0 Å². The molecule has 0 radical (unpaired) electrons. The molecular weight excluding hydrogens is 431 g/mol. The van der Waals surface area contributed by atoms with Gasteiger partial charge in [0.15, 0.2) is 11.6 Å². The molecule has 0 atom stereocenters. The van der Waals surface area contributed by atoms with Crippen molar-refractivity contribution in [3.63, 3.8) is 0 Å². The molecule has 5 nitrogen and oxygen atoms in total. The standard InChI is InChI=1S/C28H31FN2O3/c1-18-8-10-20(15-23(18)28(32)34-3)24-16-21(31-26-7-5-4-6-22(24)26)17-30-13-12-19-9-11-25(29)27(14-19)33-2/h8-11,14-16,30H,4-7,12-13,17H2,1-3H3. The summed E-state index contributed by atoms with van der Waals surface area (Å²) in [5.41, 5.74) is 8.10. The molecule has 3 aromatic rings. The van der Waals surface area contributed by atoms with Crippen molar-refractivity contribution in [2.45, 2.75) is 45.6 Å². The summed E-state index contributed by atoms with van der Waals surface area (Å²) in [6.45, 7) is 3.29. The average Bonchev–Trinajstić information content (AvgIpc) is 2.87. The second-order valence-electron chi connectivity index (χ2n) is 8.71. The Hall–Kier alpha value is -3.25. The Bertz CT molecular complexity index is 1190. The minimum Gasteiger partial charge on any atom is -0.494 e. The van der Waals surface area contributed by atoms with Crippen LogP contribution >= 0.6 is 0 Å². The highest BCUT2D eigenvalue weighted by atomic mass is 19.1. The summed E-state index contributed by atoms with van der Waals surface area (Å²) < 4.78 is 23.7. The molecule has 1 aromatic heterocycles. The summed E-state index contributed by atoms with van der Waals surface area (Å²) in [5, 5.41) is 3.46. The van der Waals surface area contributed by atoms with Gasteiger partial charge in [0.1, 0.15) is 0 Å². The second kappa shape index (κ2) is 10.8. The van der Waals surface area contributed by atoms with Crippen LogP contribution in [0.2, 0.25) is 0 Å². The molecule has 0 fully saturated rings. The van der Waals surface area contributed by atoms with E-state index in [0.717, 1.165) is 72.3 Å². The number of esters is 1. The number of rotatable bonds is 8. The fraction of sp³-hybridized carbons (Fsp3) is 0.357. The zero-order valence-corrected chi connectivity index (χ0v) is 20.0. The summed E-state index contributed by atoms with van der Waals surface area (Å²) >= 11 is 0. The quantitative estimate of drug-likeness (QED) is 0.368. The van der Waals surface area contributed by atoms with Crippen LogP contribution in [0.5, 0.6) is 5.75 Å². The van der Waals surface area contributed by atoms with Crippen molar-refractivity contribution in [3.05, 3.63) is 81.9 Å². The Kier molecular flexibility index (Phi) is 7.58. The summed E-state index contributed by atoms with van der Waals surface area (Å²) in [5.74, 6) is -0.402. The molecule has 0 saturated carbocycles. The van der Waals surface area contributed by atoms with Crippen LogP contribution < -0.4 is 10.1 Å². The third-order valence-corrected chi connectivity index (χ3v) is 6.42. The van der Waals surface area contributed by atoms with Gasteiger partial charge in [0, 0.05) is 12.2 Å². The Balaban J connectivity index is 1.53. The maximum absolute atomic E-state index is 13.6. The monoisotopic (exact) mass is 462 g/mol. The maximum Gasteiger partial charge on any atom is 0.338 e. The molecule has 0 amide bonds. The van der Waals surface area contributed by atoms with E-state index in [1.54, 1.807) is 12.1 Å². The zero-order chi connectivity index (χ0) is 24.1. The van der Waals surface area contributed by atoms with Crippen molar-refractivity contribution >= 4 is 5.97 Å². The molecule has 2 aromatic carbocycles. The number of benzene rings is 2. The van der Waals surface area contributed by atoms with Gasteiger partial charge >= 0.3 is 5.97 Å². The third kappa shape index (κ3) is 5.28. The van der Waals surface area contributed by atoms with Crippen LogP contribution in [-0.4, -0.2) is 31.7 Å². The number of fused-ring (bicyclic) bond motifs is 1.